The number of hydrogen-bond acceptors (Lipinski definition) is 14. The number of aryl methyl sites for hydroxylation is 2. The van der Waals surface area contributed by atoms with Crippen LogP contribution in [0, 0.1) is 20.4 Å². The van der Waals surface area contributed by atoms with E-state index in [1.54, 1.807) is 85.5 Å². The SMILES string of the molecule is CC(=O)N(C)C(C)(C)C(C)(C)N(C)C(C)=O.CC(=O)N(C)C(C)(C)C(C)(C)N(C)C(C)=O.CC(=O)N(C)C(C)(C)C(C)(C)N(C)C(C)=O.CC(N)=NO.CN.CN.CN.Cc1noc(C)n1.[Ba+2].[Ba+2].[Ba+2].[C-]#[N+]C.[H-].[H-].[H-].[H-].[H-].[H-]. The molecule has 6 amide bonds. The number of carbonyl (C=O) groups is 6. The molecule has 72 heavy (non-hydrogen) atoms. The largest absolute Gasteiger partial charge is 2.00 e. The van der Waals surface area contributed by atoms with E-state index >= 15 is 0 Å². The van der Waals surface area contributed by atoms with Gasteiger partial charge >= 0.3 is 147 Å². The van der Waals surface area contributed by atoms with Gasteiger partial charge in [0.2, 0.25) is 48.4 Å². The Bertz CT molecular complexity index is 1510. The molecule has 0 unspecified atom stereocenters. The first kappa shape index (κ1) is 96.9. The van der Waals surface area contributed by atoms with Crippen molar-refractivity contribution in [2.75, 3.05) is 70.5 Å². The quantitative estimate of drug-likeness (QED) is 0.0588. The third-order valence-corrected chi connectivity index (χ3v) is 13.1. The van der Waals surface area contributed by atoms with Crippen molar-refractivity contribution in [2.24, 2.45) is 28.1 Å². The van der Waals surface area contributed by atoms with Crippen LogP contribution in [-0.4, -0.2) is 336 Å². The number of aromatic nitrogens is 2. The summed E-state index contributed by atoms with van der Waals surface area (Å²) >= 11 is 0. The summed E-state index contributed by atoms with van der Waals surface area (Å²) < 4.78 is 4.60. The number of oxime groups is 1. The van der Waals surface area contributed by atoms with E-state index in [-0.39, 0.29) is 196 Å². The second-order valence-corrected chi connectivity index (χ2v) is 18.1. The van der Waals surface area contributed by atoms with Crippen LogP contribution < -0.4 is 22.9 Å². The molecule has 0 aliphatic carbocycles. The number of rotatable bonds is 9. The molecule has 0 spiro atoms. The fraction of sp³-hybridized carbons (Fsp3) is 0.787. The minimum absolute atomic E-state index is 0. The van der Waals surface area contributed by atoms with Gasteiger partial charge in [0, 0.05) is 90.8 Å². The van der Waals surface area contributed by atoms with Crippen molar-refractivity contribution in [3.63, 3.8) is 0 Å². The van der Waals surface area contributed by atoms with Crippen molar-refractivity contribution < 1.29 is 47.1 Å². The van der Waals surface area contributed by atoms with Gasteiger partial charge in [-0.1, -0.05) is 10.3 Å². The van der Waals surface area contributed by atoms with Crippen LogP contribution in [0.15, 0.2) is 9.68 Å². The molecule has 0 aromatic carbocycles. The fourth-order valence-electron chi connectivity index (χ4n) is 5.22. The van der Waals surface area contributed by atoms with Crippen LogP contribution >= 0.6 is 0 Å². The molecule has 22 nitrogen and oxygen atoms in total. The van der Waals surface area contributed by atoms with Crippen LogP contribution in [0.2, 0.25) is 0 Å². The minimum Gasteiger partial charge on any atom is -1.00 e. The first-order chi connectivity index (χ1) is 30.8. The number of hydrogen-bond donors (Lipinski definition) is 5. The smallest absolute Gasteiger partial charge is 1.00 e. The third kappa shape index (κ3) is 34.2. The van der Waals surface area contributed by atoms with Crippen molar-refractivity contribution >= 4 is 188 Å². The number of carbonyl (C=O) groups excluding carboxylic acids is 6. The maximum atomic E-state index is 11.5. The van der Waals surface area contributed by atoms with Gasteiger partial charge in [-0.05, 0) is 118 Å². The molecule has 0 saturated carbocycles. The predicted molar refractivity (Wildman–Crippen MR) is 305 cm³/mol. The van der Waals surface area contributed by atoms with E-state index in [1.165, 1.54) is 76.7 Å². The Labute approximate surface area is 567 Å². The molecule has 1 heterocycles. The van der Waals surface area contributed by atoms with E-state index in [9.17, 15) is 28.8 Å². The second-order valence-electron chi connectivity index (χ2n) is 18.1. The standard InChI is InChI=1S/3C12H24N2O2.C4H6N2O.C2H6N2O.C2H3N.3CH5N.3Ba.6H/c3*1-9(15)13(7)11(3,4)12(5,6)14(8)10(2)16;1-3-5-4(2)7-6-3;1-2(3)4-5;1-3-2;3*1-2;;;;;;;;;/h3*1-8H3;1-2H3;5H,1H3,(H2,3,4);1H3;3*2H2,1H3;;;;;;;;;/q;;;;;;;;;3*+2;6*-1. The summed E-state index contributed by atoms with van der Waals surface area (Å²) in [5.74, 6) is 1.47. The molecule has 0 aliphatic rings. The summed E-state index contributed by atoms with van der Waals surface area (Å²) in [6.07, 6.45) is 0. The van der Waals surface area contributed by atoms with E-state index in [0.717, 1.165) is 0 Å². The van der Waals surface area contributed by atoms with Gasteiger partial charge in [0.15, 0.2) is 5.82 Å². The summed E-state index contributed by atoms with van der Waals surface area (Å²) in [7, 11) is 16.5. The average Bonchev–Trinajstić information content (AvgIpc) is 3.65. The molecule has 0 fully saturated rings. The second kappa shape index (κ2) is 46.4. The predicted octanol–water partition coefficient (Wildman–Crippen LogP) is 3.73. The van der Waals surface area contributed by atoms with Gasteiger partial charge in [-0.15, -0.1) is 0 Å². The normalized spacial score (nSPS) is 10.3. The van der Waals surface area contributed by atoms with E-state index in [2.05, 4.69) is 41.9 Å². The molecule has 0 saturated heterocycles. The van der Waals surface area contributed by atoms with Gasteiger partial charge in [-0.25, -0.2) is 6.57 Å². The first-order valence-electron chi connectivity index (χ1n) is 22.0. The molecule has 0 radical (unpaired) electrons. The van der Waals surface area contributed by atoms with Crippen LogP contribution in [0.1, 0.15) is 152 Å². The topological polar surface area (TPSA) is 302 Å². The molecule has 0 atom stereocenters. The molecule has 0 bridgehead atoms. The monoisotopic (exact) mass is 1410 g/mol. The van der Waals surface area contributed by atoms with E-state index in [4.69, 9.17) is 17.5 Å². The zero-order valence-corrected chi connectivity index (χ0v) is 64.5. The maximum absolute atomic E-state index is 11.5. The first-order valence-corrected chi connectivity index (χ1v) is 22.0. The van der Waals surface area contributed by atoms with Crippen LogP contribution in [-0.2, 0) is 28.8 Å². The van der Waals surface area contributed by atoms with Crippen molar-refractivity contribution in [1.82, 2.24) is 39.5 Å². The number of amidine groups is 1. The Kier molecular flexibility index (Phi) is 62.5. The Hall–Kier alpha value is -0.686. The van der Waals surface area contributed by atoms with Crippen LogP contribution in [0.4, 0.5) is 0 Å². The zero-order chi connectivity index (χ0) is 58.2. The molecule has 1 rings (SSSR count). The van der Waals surface area contributed by atoms with Crippen LogP contribution in [0.5, 0.6) is 0 Å². The van der Waals surface area contributed by atoms with Crippen LogP contribution in [0.25, 0.3) is 4.85 Å². The Morgan fingerprint density at radius 2 is 0.625 bits per heavy atom. The summed E-state index contributed by atoms with van der Waals surface area (Å²) in [4.78, 5) is 85.3. The van der Waals surface area contributed by atoms with E-state index in [0.29, 0.717) is 11.7 Å². The summed E-state index contributed by atoms with van der Waals surface area (Å²) in [6, 6.07) is 0. The van der Waals surface area contributed by atoms with Crippen LogP contribution in [0.3, 0.4) is 0 Å². The van der Waals surface area contributed by atoms with Gasteiger partial charge < -0.3 is 75.5 Å². The summed E-state index contributed by atoms with van der Waals surface area (Å²) in [5.41, 5.74) is 15.7. The van der Waals surface area contributed by atoms with Gasteiger partial charge in [0.05, 0.1) is 33.2 Å². The number of likely N-dealkylation sites (N-methyl/N-ethyl adjacent to an activating group) is 6. The van der Waals surface area contributed by atoms with Crippen molar-refractivity contribution in [2.45, 2.75) is 179 Å². The zero-order valence-electron chi connectivity index (χ0n) is 57.2. The molecular formula is C47H108Ba3N14O8. The summed E-state index contributed by atoms with van der Waals surface area (Å²) in [6.45, 7) is 43.7. The van der Waals surface area contributed by atoms with E-state index < -0.39 is 33.2 Å². The third-order valence-electron chi connectivity index (χ3n) is 13.1. The van der Waals surface area contributed by atoms with Crippen molar-refractivity contribution in [1.29, 1.82) is 0 Å². The number of nitrogens with two attached hydrogens (primary N) is 4. The van der Waals surface area contributed by atoms with Crippen molar-refractivity contribution in [3.05, 3.63) is 23.1 Å². The van der Waals surface area contributed by atoms with Gasteiger partial charge in [0.1, 0.15) is 5.84 Å². The Balaban J connectivity index is -0.0000000384. The van der Waals surface area contributed by atoms with Gasteiger partial charge in [-0.2, -0.15) is 4.98 Å². The molecule has 9 N–H and O–H groups in total. The maximum Gasteiger partial charge on any atom is 2.00 e. The van der Waals surface area contributed by atoms with Gasteiger partial charge in [0.25, 0.3) is 0 Å². The molecular weight excluding hydrogens is 1300 g/mol. The molecule has 1 aromatic heterocycles. The number of nitrogens with zero attached hydrogens (tertiary/aromatic N) is 10. The summed E-state index contributed by atoms with van der Waals surface area (Å²) in [5, 5.41) is 13.7. The molecule has 1 aromatic rings. The average molecular weight is 1410 g/mol. The number of amides is 6. The Morgan fingerprint density at radius 1 is 0.500 bits per heavy atom. The molecule has 0 aliphatic heterocycles. The van der Waals surface area contributed by atoms with Crippen molar-refractivity contribution in [3.8, 4) is 0 Å². The fourth-order valence-corrected chi connectivity index (χ4v) is 5.22. The van der Waals surface area contributed by atoms with Gasteiger partial charge in [-0.3, -0.25) is 28.8 Å². The Morgan fingerprint density at radius 3 is 0.667 bits per heavy atom. The minimum atomic E-state index is -0.431. The molecule has 420 valence electrons. The molecule has 25 heteroatoms. The van der Waals surface area contributed by atoms with E-state index in [1.807, 2.05) is 83.1 Å².